The lowest BCUT2D eigenvalue weighted by molar-refractivity contribution is 0.104. The second-order valence-corrected chi connectivity index (χ2v) is 5.64. The molecule has 2 rings (SSSR count). The molecule has 1 aromatic carbocycles. The lowest BCUT2D eigenvalue weighted by Crippen LogP contribution is -1.97. The standard InChI is InChI=1S/C13H12OS2/c1-9-3-8-12(16-9)13(14)10-4-6-11(15-2)7-5-10/h3-8H,1-2H3. The van der Waals surface area contributed by atoms with Crippen LogP contribution in [0.15, 0.2) is 41.3 Å². The largest absolute Gasteiger partial charge is 0.288 e. The molecule has 3 heteroatoms. The van der Waals surface area contributed by atoms with Crippen LogP contribution < -0.4 is 0 Å². The van der Waals surface area contributed by atoms with Crippen molar-refractivity contribution in [2.75, 3.05) is 6.26 Å². The van der Waals surface area contributed by atoms with Gasteiger partial charge in [0.05, 0.1) is 4.88 Å². The summed E-state index contributed by atoms with van der Waals surface area (Å²) in [6, 6.07) is 11.6. The van der Waals surface area contributed by atoms with Gasteiger partial charge in [-0.1, -0.05) is 0 Å². The van der Waals surface area contributed by atoms with Crippen LogP contribution in [0, 0.1) is 6.92 Å². The van der Waals surface area contributed by atoms with Crippen molar-refractivity contribution < 1.29 is 4.79 Å². The summed E-state index contributed by atoms with van der Waals surface area (Å²) in [4.78, 5) is 15.2. The number of hydrogen-bond acceptors (Lipinski definition) is 3. The number of thiophene rings is 1. The molecule has 0 saturated heterocycles. The Labute approximate surface area is 104 Å². The fraction of sp³-hybridized carbons (Fsp3) is 0.154. The molecule has 2 aromatic rings. The number of carbonyl (C=O) groups is 1. The molecule has 0 aliphatic carbocycles. The van der Waals surface area contributed by atoms with Crippen LogP contribution in [0.4, 0.5) is 0 Å². The molecule has 0 bridgehead atoms. The fourth-order valence-electron chi connectivity index (χ4n) is 1.44. The van der Waals surface area contributed by atoms with Crippen molar-refractivity contribution in [1.82, 2.24) is 0 Å². The number of carbonyl (C=O) groups excluding carboxylic acids is 1. The van der Waals surface area contributed by atoms with Crippen molar-refractivity contribution in [2.24, 2.45) is 0 Å². The first kappa shape index (κ1) is 11.4. The molecule has 1 aromatic heterocycles. The van der Waals surface area contributed by atoms with E-state index in [0.29, 0.717) is 0 Å². The Morgan fingerprint density at radius 3 is 2.31 bits per heavy atom. The highest BCUT2D eigenvalue weighted by atomic mass is 32.2. The van der Waals surface area contributed by atoms with Gasteiger partial charge >= 0.3 is 0 Å². The summed E-state index contributed by atoms with van der Waals surface area (Å²) in [5, 5.41) is 0. The molecule has 16 heavy (non-hydrogen) atoms. The van der Waals surface area contributed by atoms with E-state index in [1.165, 1.54) is 9.77 Å². The number of thioether (sulfide) groups is 1. The Balaban J connectivity index is 2.27. The Morgan fingerprint density at radius 2 is 1.81 bits per heavy atom. The van der Waals surface area contributed by atoms with E-state index in [2.05, 4.69) is 0 Å². The first-order valence-corrected chi connectivity index (χ1v) is 7.00. The molecule has 0 amide bonds. The highest BCUT2D eigenvalue weighted by Gasteiger charge is 2.10. The molecule has 0 atom stereocenters. The summed E-state index contributed by atoms with van der Waals surface area (Å²) in [5.41, 5.74) is 0.764. The quantitative estimate of drug-likeness (QED) is 0.603. The summed E-state index contributed by atoms with van der Waals surface area (Å²) in [5.74, 6) is 0.116. The maximum atomic E-state index is 12.1. The van der Waals surface area contributed by atoms with Crippen LogP contribution in [0.3, 0.4) is 0 Å². The number of hydrogen-bond donors (Lipinski definition) is 0. The second kappa shape index (κ2) is 4.85. The fourth-order valence-corrected chi connectivity index (χ4v) is 2.68. The number of rotatable bonds is 3. The third kappa shape index (κ3) is 2.36. The van der Waals surface area contributed by atoms with Crippen molar-refractivity contribution in [3.63, 3.8) is 0 Å². The van der Waals surface area contributed by atoms with Crippen molar-refractivity contribution in [2.45, 2.75) is 11.8 Å². The molecule has 1 heterocycles. The number of aryl methyl sites for hydroxylation is 1. The van der Waals surface area contributed by atoms with Crippen LogP contribution in [0.25, 0.3) is 0 Å². The minimum Gasteiger partial charge on any atom is -0.288 e. The first-order chi connectivity index (χ1) is 7.70. The SMILES string of the molecule is CSc1ccc(C(=O)c2ccc(C)s2)cc1. The topological polar surface area (TPSA) is 17.1 Å². The van der Waals surface area contributed by atoms with Crippen LogP contribution in [-0.2, 0) is 0 Å². The Kier molecular flexibility index (Phi) is 3.46. The molecule has 0 saturated carbocycles. The molecular weight excluding hydrogens is 236 g/mol. The van der Waals surface area contributed by atoms with E-state index in [1.54, 1.807) is 23.1 Å². The monoisotopic (exact) mass is 248 g/mol. The molecule has 0 aliphatic heterocycles. The predicted molar refractivity (Wildman–Crippen MR) is 70.7 cm³/mol. The number of benzene rings is 1. The van der Waals surface area contributed by atoms with Gasteiger partial charge in [0.15, 0.2) is 0 Å². The van der Waals surface area contributed by atoms with Gasteiger partial charge in [-0.25, -0.2) is 0 Å². The van der Waals surface area contributed by atoms with Crippen LogP contribution in [0.2, 0.25) is 0 Å². The predicted octanol–water partition coefficient (Wildman–Crippen LogP) is 4.01. The zero-order valence-electron chi connectivity index (χ0n) is 9.19. The molecule has 0 N–H and O–H groups in total. The molecule has 1 nitrogen and oxygen atoms in total. The van der Waals surface area contributed by atoms with Gasteiger partial charge in [-0.15, -0.1) is 23.1 Å². The zero-order valence-corrected chi connectivity index (χ0v) is 10.8. The molecule has 0 aliphatic rings. The second-order valence-electron chi connectivity index (χ2n) is 3.47. The van der Waals surface area contributed by atoms with Crippen LogP contribution in [0.1, 0.15) is 20.1 Å². The molecule has 0 unspecified atom stereocenters. The van der Waals surface area contributed by atoms with Gasteiger partial charge in [0.25, 0.3) is 0 Å². The van der Waals surface area contributed by atoms with Gasteiger partial charge in [0.1, 0.15) is 0 Å². The van der Waals surface area contributed by atoms with E-state index >= 15 is 0 Å². The van der Waals surface area contributed by atoms with E-state index < -0.39 is 0 Å². The average Bonchev–Trinajstić information content (AvgIpc) is 2.75. The lowest BCUT2D eigenvalue weighted by Gasteiger charge is -1.99. The molecular formula is C13H12OS2. The van der Waals surface area contributed by atoms with E-state index in [4.69, 9.17) is 0 Å². The Bertz CT molecular complexity index is 497. The van der Waals surface area contributed by atoms with Crippen molar-refractivity contribution in [3.8, 4) is 0 Å². The van der Waals surface area contributed by atoms with Gasteiger partial charge in [0.2, 0.25) is 5.78 Å². The molecule has 0 spiro atoms. The highest BCUT2D eigenvalue weighted by Crippen LogP contribution is 2.21. The lowest BCUT2D eigenvalue weighted by atomic mass is 10.1. The maximum absolute atomic E-state index is 12.1. The summed E-state index contributed by atoms with van der Waals surface area (Å²) in [6.07, 6.45) is 2.03. The highest BCUT2D eigenvalue weighted by molar-refractivity contribution is 7.98. The summed E-state index contributed by atoms with van der Waals surface area (Å²) < 4.78 is 0. The van der Waals surface area contributed by atoms with Crippen molar-refractivity contribution in [1.29, 1.82) is 0 Å². The smallest absolute Gasteiger partial charge is 0.202 e. The summed E-state index contributed by atoms with van der Waals surface area (Å²) in [7, 11) is 0. The van der Waals surface area contributed by atoms with Crippen LogP contribution in [0.5, 0.6) is 0 Å². The zero-order chi connectivity index (χ0) is 11.5. The minimum absolute atomic E-state index is 0.116. The van der Waals surface area contributed by atoms with Gasteiger partial charge in [-0.3, -0.25) is 4.79 Å². The Morgan fingerprint density at radius 1 is 1.12 bits per heavy atom. The molecule has 82 valence electrons. The third-order valence-corrected chi connectivity index (χ3v) is 4.06. The summed E-state index contributed by atoms with van der Waals surface area (Å²) >= 11 is 3.23. The normalized spacial score (nSPS) is 10.4. The van der Waals surface area contributed by atoms with Gasteiger partial charge < -0.3 is 0 Å². The van der Waals surface area contributed by atoms with Crippen LogP contribution in [-0.4, -0.2) is 12.0 Å². The van der Waals surface area contributed by atoms with E-state index in [1.807, 2.05) is 49.6 Å². The molecule has 0 fully saturated rings. The first-order valence-electron chi connectivity index (χ1n) is 4.96. The van der Waals surface area contributed by atoms with Crippen molar-refractivity contribution >= 4 is 28.9 Å². The van der Waals surface area contributed by atoms with Gasteiger partial charge in [-0.05, 0) is 49.6 Å². The van der Waals surface area contributed by atoms with Gasteiger partial charge in [-0.2, -0.15) is 0 Å². The maximum Gasteiger partial charge on any atom is 0.202 e. The van der Waals surface area contributed by atoms with Gasteiger partial charge in [0, 0.05) is 15.3 Å². The molecule has 0 radical (unpaired) electrons. The third-order valence-electron chi connectivity index (χ3n) is 2.32. The average molecular weight is 248 g/mol. The van der Waals surface area contributed by atoms with Crippen molar-refractivity contribution in [3.05, 3.63) is 51.7 Å². The minimum atomic E-state index is 0.116. The van der Waals surface area contributed by atoms with E-state index in [-0.39, 0.29) is 5.78 Å². The summed E-state index contributed by atoms with van der Waals surface area (Å²) in [6.45, 7) is 2.01. The number of ketones is 1. The Hall–Kier alpha value is -1.06. The van der Waals surface area contributed by atoms with Crippen LogP contribution >= 0.6 is 23.1 Å². The van der Waals surface area contributed by atoms with E-state index in [9.17, 15) is 4.79 Å². The van der Waals surface area contributed by atoms with E-state index in [0.717, 1.165) is 10.4 Å².